The molecule has 0 aromatic heterocycles. The number of carbonyl (C=O) groups is 1. The van der Waals surface area contributed by atoms with Crippen LogP contribution in [0.4, 0.5) is 0 Å². The molecule has 1 heterocycles. The van der Waals surface area contributed by atoms with Gasteiger partial charge in [0.05, 0.1) is 0 Å². The van der Waals surface area contributed by atoms with E-state index in [1.165, 1.54) is 5.56 Å². The summed E-state index contributed by atoms with van der Waals surface area (Å²) in [6.45, 7) is 15.1. The van der Waals surface area contributed by atoms with Crippen LogP contribution in [0.5, 0.6) is 0 Å². The molecule has 0 amide bonds. The molecule has 0 aliphatic carbocycles. The molecule has 3 nitrogen and oxygen atoms in total. The first-order chi connectivity index (χ1) is 11.1. The average Bonchev–Trinajstić information content (AvgIpc) is 2.52. The highest BCUT2D eigenvalue weighted by Gasteiger charge is 2.39. The zero-order valence-electron chi connectivity index (χ0n) is 16.1. The first-order valence-electron chi connectivity index (χ1n) is 9.08. The highest BCUT2D eigenvalue weighted by atomic mass is 28.4. The van der Waals surface area contributed by atoms with Gasteiger partial charge in [0.2, 0.25) is 0 Å². The third kappa shape index (κ3) is 4.56. The quantitative estimate of drug-likeness (QED) is 0.716. The Balaban J connectivity index is 2.10. The molecule has 24 heavy (non-hydrogen) atoms. The second kappa shape index (κ2) is 7.50. The maximum absolute atomic E-state index is 12.0. The van der Waals surface area contributed by atoms with Crippen molar-refractivity contribution < 1.29 is 9.22 Å². The zero-order chi connectivity index (χ0) is 18.0. The molecule has 2 unspecified atom stereocenters. The van der Waals surface area contributed by atoms with Gasteiger partial charge in [-0.1, -0.05) is 51.1 Å². The van der Waals surface area contributed by atoms with E-state index in [0.717, 1.165) is 6.54 Å². The second-order valence-electron chi connectivity index (χ2n) is 8.54. The fourth-order valence-electron chi connectivity index (χ4n) is 3.03. The van der Waals surface area contributed by atoms with Crippen LogP contribution < -0.4 is 0 Å². The summed E-state index contributed by atoms with van der Waals surface area (Å²) in [5, 5.41) is 0.196. The van der Waals surface area contributed by atoms with Gasteiger partial charge < -0.3 is 4.43 Å². The van der Waals surface area contributed by atoms with E-state index >= 15 is 0 Å². The summed E-state index contributed by atoms with van der Waals surface area (Å²) in [7, 11) is -1.79. The van der Waals surface area contributed by atoms with Gasteiger partial charge in [0.1, 0.15) is 5.78 Å². The van der Waals surface area contributed by atoms with Crippen molar-refractivity contribution in [3.63, 3.8) is 0 Å². The SMILES string of the molecule is CC(c1ccccc1)N1CCC(=O)CC1CO[Si](C)(C)C(C)(C)C. The summed E-state index contributed by atoms with van der Waals surface area (Å²) in [5.41, 5.74) is 1.31. The molecule has 2 atom stereocenters. The van der Waals surface area contributed by atoms with E-state index in [9.17, 15) is 4.79 Å². The van der Waals surface area contributed by atoms with Crippen LogP contribution in [-0.2, 0) is 9.22 Å². The molecule has 1 aliphatic rings. The number of rotatable bonds is 5. The summed E-state index contributed by atoms with van der Waals surface area (Å²) < 4.78 is 6.44. The van der Waals surface area contributed by atoms with Crippen LogP contribution in [0.15, 0.2) is 30.3 Å². The summed E-state index contributed by atoms with van der Waals surface area (Å²) in [4.78, 5) is 14.5. The smallest absolute Gasteiger partial charge is 0.192 e. The number of hydrogen-bond acceptors (Lipinski definition) is 3. The van der Waals surface area contributed by atoms with Crippen molar-refractivity contribution in [1.29, 1.82) is 0 Å². The van der Waals surface area contributed by atoms with Crippen molar-refractivity contribution in [2.24, 2.45) is 0 Å². The molecule has 1 saturated heterocycles. The first kappa shape index (κ1) is 19.4. The molecule has 0 N–H and O–H groups in total. The Morgan fingerprint density at radius 2 is 1.88 bits per heavy atom. The highest BCUT2D eigenvalue weighted by Crippen LogP contribution is 2.37. The first-order valence-corrected chi connectivity index (χ1v) is 12.0. The van der Waals surface area contributed by atoms with Crippen LogP contribution in [0.2, 0.25) is 18.1 Å². The lowest BCUT2D eigenvalue weighted by Crippen LogP contribution is -2.50. The molecule has 2 rings (SSSR count). The largest absolute Gasteiger partial charge is 0.415 e. The molecular formula is C20H33NO2Si. The summed E-state index contributed by atoms with van der Waals surface area (Å²) in [6, 6.07) is 11.1. The van der Waals surface area contributed by atoms with Gasteiger partial charge in [-0.2, -0.15) is 0 Å². The third-order valence-electron chi connectivity index (χ3n) is 5.80. The Kier molecular flexibility index (Phi) is 6.05. The third-order valence-corrected chi connectivity index (χ3v) is 10.3. The Labute approximate surface area is 148 Å². The van der Waals surface area contributed by atoms with Crippen LogP contribution in [0, 0.1) is 0 Å². The molecule has 0 radical (unpaired) electrons. The standard InChI is InChI=1S/C20H33NO2Si/c1-16(17-10-8-7-9-11-17)21-13-12-19(22)14-18(21)15-23-24(5,6)20(2,3)4/h7-11,16,18H,12-15H2,1-6H3. The molecule has 0 bridgehead atoms. The molecule has 1 aromatic rings. The van der Waals surface area contributed by atoms with Crippen molar-refractivity contribution in [1.82, 2.24) is 4.90 Å². The van der Waals surface area contributed by atoms with E-state index in [4.69, 9.17) is 4.43 Å². The van der Waals surface area contributed by atoms with Crippen molar-refractivity contribution in [3.05, 3.63) is 35.9 Å². The Morgan fingerprint density at radius 1 is 1.25 bits per heavy atom. The minimum atomic E-state index is -1.79. The van der Waals surface area contributed by atoms with E-state index in [0.29, 0.717) is 31.3 Å². The van der Waals surface area contributed by atoms with Gasteiger partial charge in [-0.25, -0.2) is 0 Å². The Morgan fingerprint density at radius 3 is 2.46 bits per heavy atom. The number of nitrogens with zero attached hydrogens (tertiary/aromatic N) is 1. The summed E-state index contributed by atoms with van der Waals surface area (Å²) in [6.07, 6.45) is 1.28. The minimum Gasteiger partial charge on any atom is -0.415 e. The molecule has 0 saturated carbocycles. The van der Waals surface area contributed by atoms with Gasteiger partial charge in [-0.15, -0.1) is 0 Å². The molecule has 1 aromatic carbocycles. The van der Waals surface area contributed by atoms with Gasteiger partial charge in [0.25, 0.3) is 0 Å². The van der Waals surface area contributed by atoms with E-state index < -0.39 is 8.32 Å². The number of piperidine rings is 1. The van der Waals surface area contributed by atoms with Crippen LogP contribution in [-0.4, -0.2) is 38.2 Å². The lowest BCUT2D eigenvalue weighted by molar-refractivity contribution is -0.124. The zero-order valence-corrected chi connectivity index (χ0v) is 17.1. The Hall–Kier alpha value is -0.973. The van der Waals surface area contributed by atoms with E-state index in [-0.39, 0.29) is 11.1 Å². The predicted molar refractivity (Wildman–Crippen MR) is 103 cm³/mol. The van der Waals surface area contributed by atoms with Crippen LogP contribution in [0.1, 0.15) is 52.1 Å². The van der Waals surface area contributed by atoms with Gasteiger partial charge in [0, 0.05) is 38.1 Å². The number of carbonyl (C=O) groups excluding carboxylic acids is 1. The number of Topliss-reactive ketones (excluding diaryl/α,β-unsaturated/α-hetero) is 1. The molecule has 1 aliphatic heterocycles. The predicted octanol–water partition coefficient (Wildman–Crippen LogP) is 4.80. The maximum Gasteiger partial charge on any atom is 0.192 e. The molecule has 4 heteroatoms. The van der Waals surface area contributed by atoms with E-state index in [1.807, 2.05) is 6.07 Å². The van der Waals surface area contributed by atoms with Crippen molar-refractivity contribution >= 4 is 14.1 Å². The van der Waals surface area contributed by atoms with Crippen LogP contribution in [0.25, 0.3) is 0 Å². The van der Waals surface area contributed by atoms with Gasteiger partial charge in [-0.3, -0.25) is 9.69 Å². The van der Waals surface area contributed by atoms with Gasteiger partial charge >= 0.3 is 0 Å². The van der Waals surface area contributed by atoms with Gasteiger partial charge in [0.15, 0.2) is 8.32 Å². The highest BCUT2D eigenvalue weighted by molar-refractivity contribution is 6.74. The molecule has 0 spiro atoms. The van der Waals surface area contributed by atoms with E-state index in [2.05, 4.69) is 70.0 Å². The molecular weight excluding hydrogens is 314 g/mol. The van der Waals surface area contributed by atoms with Crippen LogP contribution in [0.3, 0.4) is 0 Å². The molecule has 134 valence electrons. The Bertz CT molecular complexity index is 551. The number of likely N-dealkylation sites (tertiary alicyclic amines) is 1. The minimum absolute atomic E-state index is 0.190. The van der Waals surface area contributed by atoms with Crippen LogP contribution >= 0.6 is 0 Å². The normalized spacial score (nSPS) is 21.8. The lowest BCUT2D eigenvalue weighted by Gasteiger charge is -2.42. The number of ketones is 1. The fourth-order valence-corrected chi connectivity index (χ4v) is 4.07. The van der Waals surface area contributed by atoms with Crippen molar-refractivity contribution in [3.8, 4) is 0 Å². The number of benzene rings is 1. The monoisotopic (exact) mass is 347 g/mol. The van der Waals surface area contributed by atoms with E-state index in [1.54, 1.807) is 0 Å². The average molecular weight is 348 g/mol. The number of hydrogen-bond donors (Lipinski definition) is 0. The lowest BCUT2D eigenvalue weighted by atomic mass is 9.97. The summed E-state index contributed by atoms with van der Waals surface area (Å²) in [5.74, 6) is 0.371. The summed E-state index contributed by atoms with van der Waals surface area (Å²) >= 11 is 0. The fraction of sp³-hybridized carbons (Fsp3) is 0.650. The molecule has 1 fully saturated rings. The van der Waals surface area contributed by atoms with Crippen molar-refractivity contribution in [2.45, 2.75) is 70.8 Å². The van der Waals surface area contributed by atoms with Gasteiger partial charge in [-0.05, 0) is 30.6 Å². The second-order valence-corrected chi connectivity index (χ2v) is 13.4. The topological polar surface area (TPSA) is 29.5 Å². The van der Waals surface area contributed by atoms with Crippen molar-refractivity contribution in [2.75, 3.05) is 13.2 Å². The maximum atomic E-state index is 12.0.